The summed E-state index contributed by atoms with van der Waals surface area (Å²) < 4.78 is 0. The van der Waals surface area contributed by atoms with E-state index in [9.17, 15) is 29.1 Å². The number of fused-ring (bicyclic) bond motifs is 4. The molecule has 0 bridgehead atoms. The number of allylic oxidation sites excluding steroid dienone is 4. The summed E-state index contributed by atoms with van der Waals surface area (Å²) in [5.41, 5.74) is 2.88. The summed E-state index contributed by atoms with van der Waals surface area (Å²) in [7, 11) is 0. The maximum Gasteiger partial charge on any atom is 0.303 e. The topological polar surface area (TPSA) is 129 Å². The third-order valence-corrected chi connectivity index (χ3v) is 9.88. The van der Waals surface area contributed by atoms with Crippen LogP contribution in [-0.4, -0.2) is 51.0 Å². The second-order valence-corrected chi connectivity index (χ2v) is 12.0. The van der Waals surface area contributed by atoms with Gasteiger partial charge in [-0.3, -0.25) is 28.9 Å². The zero-order valence-corrected chi connectivity index (χ0v) is 23.0. The summed E-state index contributed by atoms with van der Waals surface area (Å²) >= 11 is 0. The molecule has 5 rings (SSSR count). The molecular weight excluding hydrogens is 498 g/mol. The Hall–Kier alpha value is -3.55. The van der Waals surface area contributed by atoms with E-state index in [1.54, 1.807) is 27.7 Å². The first-order valence-electron chi connectivity index (χ1n) is 13.6. The number of carbonyl (C=O) groups is 5. The number of likely N-dealkylation sites (tertiary alicyclic amines) is 1. The molecule has 0 unspecified atom stereocenters. The number of amides is 2. The van der Waals surface area contributed by atoms with Gasteiger partial charge in [0.1, 0.15) is 5.75 Å². The third kappa shape index (κ3) is 3.82. The van der Waals surface area contributed by atoms with Crippen molar-refractivity contribution in [2.24, 2.45) is 29.1 Å². The van der Waals surface area contributed by atoms with Gasteiger partial charge in [0, 0.05) is 24.8 Å². The maximum atomic E-state index is 14.0. The second kappa shape index (κ2) is 9.28. The summed E-state index contributed by atoms with van der Waals surface area (Å²) in [4.78, 5) is 67.1. The Morgan fingerprint density at radius 3 is 2.26 bits per heavy atom. The van der Waals surface area contributed by atoms with Gasteiger partial charge in [-0.15, -0.1) is 0 Å². The first kappa shape index (κ1) is 27.0. The lowest BCUT2D eigenvalue weighted by molar-refractivity contribution is -0.143. The Bertz CT molecular complexity index is 1380. The highest BCUT2D eigenvalue weighted by Gasteiger charge is 2.63. The molecule has 39 heavy (non-hydrogen) atoms. The highest BCUT2D eigenvalue weighted by atomic mass is 16.4. The average Bonchev–Trinajstić information content (AvgIpc) is 3.13. The monoisotopic (exact) mass is 533 g/mol. The first-order valence-corrected chi connectivity index (χ1v) is 13.6. The number of ketones is 2. The summed E-state index contributed by atoms with van der Waals surface area (Å²) in [6.45, 7) is 8.90. The molecule has 1 aliphatic heterocycles. The van der Waals surface area contributed by atoms with Crippen LogP contribution in [0.1, 0.15) is 69.1 Å². The van der Waals surface area contributed by atoms with Crippen LogP contribution in [0.4, 0.5) is 0 Å². The SMILES string of the molecule is CC1=C(C)C(=O)[C@@]2(C)[C@@H](c3cc(C)c(O)c(C)c3)C3=CC[C@@H]4C(=O)N(CCCC(=O)O)C(=O)[C@@H]4[C@@H]3C[C@H]2C1=O. The van der Waals surface area contributed by atoms with E-state index in [0.717, 1.165) is 11.1 Å². The third-order valence-electron chi connectivity index (χ3n) is 9.88. The molecule has 0 radical (unpaired) electrons. The molecule has 1 aromatic carbocycles. The fourth-order valence-corrected chi connectivity index (χ4v) is 7.79. The van der Waals surface area contributed by atoms with E-state index in [2.05, 4.69) is 0 Å². The van der Waals surface area contributed by atoms with Gasteiger partial charge in [-0.1, -0.05) is 30.7 Å². The molecule has 8 nitrogen and oxygen atoms in total. The van der Waals surface area contributed by atoms with E-state index in [-0.39, 0.29) is 48.5 Å². The van der Waals surface area contributed by atoms with Gasteiger partial charge in [0.15, 0.2) is 11.6 Å². The van der Waals surface area contributed by atoms with Crippen LogP contribution < -0.4 is 0 Å². The van der Waals surface area contributed by atoms with Gasteiger partial charge in [-0.2, -0.15) is 0 Å². The van der Waals surface area contributed by atoms with Crippen molar-refractivity contribution in [2.45, 2.75) is 66.2 Å². The fourth-order valence-electron chi connectivity index (χ4n) is 7.79. The largest absolute Gasteiger partial charge is 0.507 e. The number of phenolic OH excluding ortho intramolecular Hbond substituents is 1. The van der Waals surface area contributed by atoms with E-state index in [0.29, 0.717) is 35.1 Å². The summed E-state index contributed by atoms with van der Waals surface area (Å²) in [5.74, 6) is -4.34. The zero-order valence-electron chi connectivity index (χ0n) is 23.0. The van der Waals surface area contributed by atoms with Crippen molar-refractivity contribution in [3.05, 3.63) is 51.6 Å². The van der Waals surface area contributed by atoms with Gasteiger partial charge >= 0.3 is 5.97 Å². The number of rotatable bonds is 5. The van der Waals surface area contributed by atoms with Crippen molar-refractivity contribution < 1.29 is 34.2 Å². The number of benzene rings is 1. The standard InChI is InChI=1S/C31H35NO7/c1-14-11-18(12-15(2)26(14)35)25-19-8-9-20-24(30(39)32(29(20)38)10-6-7-23(33)34)21(19)13-22-27(36)16(3)17(4)28(37)31(22,25)5/h8,11-12,20-22,24-25,35H,6-7,9-10,13H2,1-5H3,(H,33,34)/t20-,21+,22-,24-,25-,31+/m0/s1. The van der Waals surface area contributed by atoms with Gasteiger partial charge in [-0.25, -0.2) is 0 Å². The van der Waals surface area contributed by atoms with Gasteiger partial charge in [0.05, 0.1) is 17.3 Å². The average molecular weight is 534 g/mol. The number of nitrogens with zero attached hydrogens (tertiary/aromatic N) is 1. The molecule has 1 saturated carbocycles. The number of aromatic hydroxyl groups is 1. The van der Waals surface area contributed by atoms with Crippen molar-refractivity contribution in [3.8, 4) is 5.75 Å². The maximum absolute atomic E-state index is 14.0. The van der Waals surface area contributed by atoms with Gasteiger partial charge in [0.25, 0.3) is 0 Å². The molecule has 8 heteroatoms. The number of aryl methyl sites for hydroxylation is 2. The Morgan fingerprint density at radius 2 is 1.64 bits per heavy atom. The number of aliphatic carboxylic acids is 1. The second-order valence-electron chi connectivity index (χ2n) is 12.0. The fraction of sp³-hybridized carbons (Fsp3) is 0.516. The number of carbonyl (C=O) groups excluding carboxylic acids is 4. The smallest absolute Gasteiger partial charge is 0.303 e. The van der Waals surface area contributed by atoms with E-state index < -0.39 is 41.0 Å². The molecule has 1 heterocycles. The lowest BCUT2D eigenvalue weighted by Crippen LogP contribution is -2.55. The van der Waals surface area contributed by atoms with Crippen LogP contribution in [0.2, 0.25) is 0 Å². The van der Waals surface area contributed by atoms with Crippen molar-refractivity contribution in [3.63, 3.8) is 0 Å². The van der Waals surface area contributed by atoms with Crippen LogP contribution in [0.15, 0.2) is 34.9 Å². The minimum Gasteiger partial charge on any atom is -0.507 e. The quantitative estimate of drug-likeness (QED) is 0.432. The molecule has 6 atom stereocenters. The summed E-state index contributed by atoms with van der Waals surface area (Å²) in [6, 6.07) is 3.73. The van der Waals surface area contributed by atoms with E-state index in [1.165, 1.54) is 4.90 Å². The molecule has 206 valence electrons. The number of hydrogen-bond donors (Lipinski definition) is 2. The molecule has 1 saturated heterocycles. The highest BCUT2D eigenvalue weighted by molar-refractivity contribution is 6.16. The lowest BCUT2D eigenvalue weighted by atomic mass is 9.46. The van der Waals surface area contributed by atoms with E-state index in [1.807, 2.05) is 25.1 Å². The van der Waals surface area contributed by atoms with Gasteiger partial charge in [-0.05, 0) is 80.7 Å². The first-order chi connectivity index (χ1) is 18.3. The van der Waals surface area contributed by atoms with Crippen molar-refractivity contribution in [1.82, 2.24) is 4.90 Å². The molecular formula is C31H35NO7. The van der Waals surface area contributed by atoms with Crippen LogP contribution in [0.5, 0.6) is 5.75 Å². The van der Waals surface area contributed by atoms with Crippen molar-refractivity contribution >= 4 is 29.4 Å². The number of imide groups is 1. The Labute approximate surface area is 227 Å². The highest BCUT2D eigenvalue weighted by Crippen LogP contribution is 2.63. The predicted molar refractivity (Wildman–Crippen MR) is 142 cm³/mol. The van der Waals surface area contributed by atoms with Crippen LogP contribution in [-0.2, 0) is 24.0 Å². The normalized spacial score (nSPS) is 32.2. The van der Waals surface area contributed by atoms with Gasteiger partial charge < -0.3 is 10.2 Å². The molecule has 3 aliphatic carbocycles. The number of carboxylic acids is 1. The summed E-state index contributed by atoms with van der Waals surface area (Å²) in [6.07, 6.45) is 2.69. The van der Waals surface area contributed by atoms with E-state index in [4.69, 9.17) is 5.11 Å². The van der Waals surface area contributed by atoms with E-state index >= 15 is 0 Å². The number of carboxylic acid groups (broad SMARTS) is 1. The minimum absolute atomic E-state index is 0.0540. The van der Waals surface area contributed by atoms with Crippen LogP contribution in [0, 0.1) is 42.9 Å². The molecule has 2 amide bonds. The summed E-state index contributed by atoms with van der Waals surface area (Å²) in [5, 5.41) is 19.5. The molecule has 4 aliphatic rings. The molecule has 1 aromatic rings. The molecule has 0 aromatic heterocycles. The van der Waals surface area contributed by atoms with Crippen molar-refractivity contribution in [2.75, 3.05) is 6.54 Å². The number of hydrogen-bond acceptors (Lipinski definition) is 6. The number of Topliss-reactive ketones (excluding diaryl/α,β-unsaturated/α-hetero) is 2. The van der Waals surface area contributed by atoms with Gasteiger partial charge in [0.2, 0.25) is 11.8 Å². The Kier molecular flexibility index (Phi) is 6.43. The molecule has 0 spiro atoms. The lowest BCUT2D eigenvalue weighted by Gasteiger charge is -2.54. The molecule has 2 fully saturated rings. The Morgan fingerprint density at radius 1 is 1.00 bits per heavy atom. The zero-order chi connectivity index (χ0) is 28.5. The van der Waals surface area contributed by atoms with Crippen molar-refractivity contribution in [1.29, 1.82) is 0 Å². The minimum atomic E-state index is -1.07. The Balaban J connectivity index is 1.64. The van der Waals surface area contributed by atoms with Crippen LogP contribution in [0.3, 0.4) is 0 Å². The molecule has 2 N–H and O–H groups in total. The predicted octanol–water partition coefficient (Wildman–Crippen LogP) is 4.02. The number of phenols is 1. The van der Waals surface area contributed by atoms with Crippen LogP contribution in [0.25, 0.3) is 0 Å². The van der Waals surface area contributed by atoms with Crippen LogP contribution >= 0.6 is 0 Å².